The molecule has 1 N–H and O–H groups in total. The summed E-state index contributed by atoms with van der Waals surface area (Å²) in [5.41, 5.74) is 0. The van der Waals surface area contributed by atoms with Crippen LogP contribution in [0.2, 0.25) is 0 Å². The molecule has 0 spiro atoms. The van der Waals surface area contributed by atoms with Crippen LogP contribution in [0.5, 0.6) is 0 Å². The quantitative estimate of drug-likeness (QED) is 0.441. The molecule has 25 heavy (non-hydrogen) atoms. The van der Waals surface area contributed by atoms with Crippen molar-refractivity contribution in [3.05, 3.63) is 0 Å². The molecule has 0 saturated carbocycles. The van der Waals surface area contributed by atoms with Gasteiger partial charge in [0.15, 0.2) is 5.96 Å². The zero-order chi connectivity index (χ0) is 18.2. The maximum atomic E-state index is 12.1. The van der Waals surface area contributed by atoms with Gasteiger partial charge < -0.3 is 19.9 Å². The van der Waals surface area contributed by atoms with Gasteiger partial charge in [0.05, 0.1) is 19.1 Å². The van der Waals surface area contributed by atoms with Gasteiger partial charge in [-0.25, -0.2) is 0 Å². The van der Waals surface area contributed by atoms with Gasteiger partial charge in [0, 0.05) is 45.3 Å². The molecule has 7 heteroatoms. The summed E-state index contributed by atoms with van der Waals surface area (Å²) in [6, 6.07) is 0.443. The smallest absolute Gasteiger partial charge is 0.310 e. The third kappa shape index (κ3) is 5.85. The Morgan fingerprint density at radius 1 is 1.20 bits per heavy atom. The van der Waals surface area contributed by atoms with E-state index in [1.54, 1.807) is 0 Å². The lowest BCUT2D eigenvalue weighted by Gasteiger charge is -2.38. The van der Waals surface area contributed by atoms with Crippen LogP contribution in [0.1, 0.15) is 26.7 Å². The summed E-state index contributed by atoms with van der Waals surface area (Å²) < 4.78 is 5.21. The summed E-state index contributed by atoms with van der Waals surface area (Å²) in [5, 5.41) is 3.40. The molecule has 2 fully saturated rings. The Morgan fingerprint density at radius 2 is 2.00 bits per heavy atom. The summed E-state index contributed by atoms with van der Waals surface area (Å²) in [6.45, 7) is 10.9. The van der Waals surface area contributed by atoms with E-state index in [-0.39, 0.29) is 11.9 Å². The van der Waals surface area contributed by atoms with Gasteiger partial charge >= 0.3 is 5.97 Å². The number of hydrogen-bond donors (Lipinski definition) is 1. The first-order valence-corrected chi connectivity index (χ1v) is 9.63. The van der Waals surface area contributed by atoms with Crippen molar-refractivity contribution in [3.63, 3.8) is 0 Å². The molecule has 144 valence electrons. The molecule has 0 bridgehead atoms. The molecular formula is C18H35N5O2. The SMILES string of the molecule is CCNC(=NCC1CN(C)CCN1C)N1CCCC(C(=O)OCC)C1. The largest absolute Gasteiger partial charge is 0.466 e. The number of nitrogens with zero attached hydrogens (tertiary/aromatic N) is 4. The van der Waals surface area contributed by atoms with Gasteiger partial charge in [-0.15, -0.1) is 0 Å². The molecule has 0 aliphatic carbocycles. The topological polar surface area (TPSA) is 60.4 Å². The number of likely N-dealkylation sites (N-methyl/N-ethyl adjacent to an activating group) is 2. The summed E-state index contributed by atoms with van der Waals surface area (Å²) in [7, 11) is 4.35. The van der Waals surface area contributed by atoms with Crippen LogP contribution >= 0.6 is 0 Å². The van der Waals surface area contributed by atoms with Crippen LogP contribution in [0.25, 0.3) is 0 Å². The average molecular weight is 354 g/mol. The highest BCUT2D eigenvalue weighted by atomic mass is 16.5. The molecule has 2 saturated heterocycles. The van der Waals surface area contributed by atoms with Gasteiger partial charge in [-0.05, 0) is 40.8 Å². The summed E-state index contributed by atoms with van der Waals surface area (Å²) in [6.07, 6.45) is 1.91. The van der Waals surface area contributed by atoms with Crippen molar-refractivity contribution in [3.8, 4) is 0 Å². The first kappa shape index (κ1) is 20.0. The Bertz CT molecular complexity index is 457. The molecule has 7 nitrogen and oxygen atoms in total. The van der Waals surface area contributed by atoms with E-state index in [4.69, 9.17) is 9.73 Å². The van der Waals surface area contributed by atoms with E-state index in [1.165, 1.54) is 0 Å². The van der Waals surface area contributed by atoms with Crippen LogP contribution in [-0.2, 0) is 9.53 Å². The lowest BCUT2D eigenvalue weighted by molar-refractivity contribution is -0.149. The first-order valence-electron chi connectivity index (χ1n) is 9.63. The van der Waals surface area contributed by atoms with E-state index in [0.717, 1.165) is 58.1 Å². The molecule has 2 aliphatic rings. The van der Waals surface area contributed by atoms with E-state index >= 15 is 0 Å². The fraction of sp³-hybridized carbons (Fsp3) is 0.889. The molecular weight excluding hydrogens is 318 g/mol. The van der Waals surface area contributed by atoms with Crippen LogP contribution in [0, 0.1) is 5.92 Å². The molecule has 0 aromatic heterocycles. The number of likely N-dealkylation sites (tertiary alicyclic amines) is 1. The van der Waals surface area contributed by atoms with Crippen LogP contribution < -0.4 is 5.32 Å². The van der Waals surface area contributed by atoms with Crippen molar-refractivity contribution < 1.29 is 9.53 Å². The Kier molecular flexibility index (Phi) is 7.96. The van der Waals surface area contributed by atoms with Gasteiger partial charge in [-0.2, -0.15) is 0 Å². The number of hydrogen-bond acceptors (Lipinski definition) is 5. The maximum absolute atomic E-state index is 12.1. The van der Waals surface area contributed by atoms with E-state index in [2.05, 4.69) is 41.0 Å². The molecule has 2 rings (SSSR count). The summed E-state index contributed by atoms with van der Waals surface area (Å²) in [4.78, 5) is 24.0. The van der Waals surface area contributed by atoms with Crippen LogP contribution in [0.4, 0.5) is 0 Å². The second-order valence-corrected chi connectivity index (χ2v) is 7.13. The summed E-state index contributed by atoms with van der Waals surface area (Å²) in [5.74, 6) is 0.816. The molecule has 0 aromatic rings. The Hall–Kier alpha value is -1.34. The zero-order valence-corrected chi connectivity index (χ0v) is 16.3. The molecule has 2 aliphatic heterocycles. The van der Waals surface area contributed by atoms with Crippen molar-refractivity contribution in [2.45, 2.75) is 32.7 Å². The van der Waals surface area contributed by atoms with Gasteiger partial charge in [-0.3, -0.25) is 14.7 Å². The standard InChI is InChI=1S/C18H35N5O2/c1-5-19-18(20-12-16-14-21(3)10-11-22(16)4)23-9-7-8-15(13-23)17(24)25-6-2/h15-16H,5-14H2,1-4H3,(H,19,20). The average Bonchev–Trinajstić information content (AvgIpc) is 2.61. The second kappa shape index (κ2) is 9.97. The van der Waals surface area contributed by atoms with Gasteiger partial charge in [0.25, 0.3) is 0 Å². The second-order valence-electron chi connectivity index (χ2n) is 7.13. The number of carbonyl (C=O) groups excluding carboxylic acids is 1. The minimum absolute atomic E-state index is 0.0407. The van der Waals surface area contributed by atoms with Crippen LogP contribution in [-0.4, -0.2) is 99.2 Å². The van der Waals surface area contributed by atoms with Crippen molar-refractivity contribution in [1.29, 1.82) is 0 Å². The fourth-order valence-electron chi connectivity index (χ4n) is 3.54. The molecule has 0 radical (unpaired) electrons. The predicted octanol–water partition coefficient (Wildman–Crippen LogP) is 0.473. The number of piperazine rings is 1. The van der Waals surface area contributed by atoms with E-state index in [0.29, 0.717) is 19.2 Å². The van der Waals surface area contributed by atoms with E-state index in [1.807, 2.05) is 6.92 Å². The Labute approximate surface area is 152 Å². The number of aliphatic imine (C=N–C) groups is 1. The predicted molar refractivity (Wildman–Crippen MR) is 101 cm³/mol. The third-order valence-corrected chi connectivity index (χ3v) is 5.11. The zero-order valence-electron chi connectivity index (χ0n) is 16.3. The summed E-state index contributed by atoms with van der Waals surface area (Å²) >= 11 is 0. The highest BCUT2D eigenvalue weighted by Crippen LogP contribution is 2.18. The maximum Gasteiger partial charge on any atom is 0.310 e. The minimum atomic E-state index is -0.0725. The number of guanidine groups is 1. The molecule has 0 aromatic carbocycles. The lowest BCUT2D eigenvalue weighted by Crippen LogP contribution is -2.52. The highest BCUT2D eigenvalue weighted by molar-refractivity contribution is 5.81. The van der Waals surface area contributed by atoms with Crippen molar-refractivity contribution >= 4 is 11.9 Å². The van der Waals surface area contributed by atoms with Crippen molar-refractivity contribution in [2.24, 2.45) is 10.9 Å². The van der Waals surface area contributed by atoms with Crippen molar-refractivity contribution in [1.82, 2.24) is 20.0 Å². The Balaban J connectivity index is 1.99. The lowest BCUT2D eigenvalue weighted by atomic mass is 9.98. The van der Waals surface area contributed by atoms with Crippen LogP contribution in [0.15, 0.2) is 4.99 Å². The molecule has 2 unspecified atom stereocenters. The Morgan fingerprint density at radius 3 is 2.72 bits per heavy atom. The monoisotopic (exact) mass is 353 g/mol. The minimum Gasteiger partial charge on any atom is -0.466 e. The molecule has 2 heterocycles. The van der Waals surface area contributed by atoms with E-state index < -0.39 is 0 Å². The van der Waals surface area contributed by atoms with Crippen LogP contribution in [0.3, 0.4) is 0 Å². The number of esters is 1. The third-order valence-electron chi connectivity index (χ3n) is 5.11. The first-order chi connectivity index (χ1) is 12.0. The highest BCUT2D eigenvalue weighted by Gasteiger charge is 2.29. The molecule has 0 amide bonds. The number of carbonyl (C=O) groups is 1. The normalized spacial score (nSPS) is 26.6. The van der Waals surface area contributed by atoms with Gasteiger partial charge in [-0.1, -0.05) is 0 Å². The van der Waals surface area contributed by atoms with Gasteiger partial charge in [0.1, 0.15) is 0 Å². The number of rotatable bonds is 5. The molecule has 2 atom stereocenters. The number of piperidine rings is 1. The van der Waals surface area contributed by atoms with Crippen molar-refractivity contribution in [2.75, 3.05) is 66.5 Å². The van der Waals surface area contributed by atoms with Gasteiger partial charge in [0.2, 0.25) is 0 Å². The number of ether oxygens (including phenoxy) is 1. The fourth-order valence-corrected chi connectivity index (χ4v) is 3.54. The van der Waals surface area contributed by atoms with E-state index in [9.17, 15) is 4.79 Å². The number of nitrogens with one attached hydrogen (secondary N) is 1.